The molecule has 2 aromatic heterocycles. The SMILES string of the molecule is Cc1ccnc(NC(=O)COc2cccnc2)c1. The molecule has 0 radical (unpaired) electrons. The molecule has 0 saturated carbocycles. The number of amides is 1. The van der Waals surface area contributed by atoms with E-state index in [9.17, 15) is 4.79 Å². The highest BCUT2D eigenvalue weighted by atomic mass is 16.5. The second kappa shape index (κ2) is 5.77. The van der Waals surface area contributed by atoms with E-state index in [1.807, 2.05) is 13.0 Å². The molecule has 0 bridgehead atoms. The van der Waals surface area contributed by atoms with Gasteiger partial charge in [-0.3, -0.25) is 9.78 Å². The van der Waals surface area contributed by atoms with Gasteiger partial charge in [0.1, 0.15) is 11.6 Å². The third kappa shape index (κ3) is 3.55. The van der Waals surface area contributed by atoms with Gasteiger partial charge in [-0.15, -0.1) is 0 Å². The summed E-state index contributed by atoms with van der Waals surface area (Å²) in [7, 11) is 0. The summed E-state index contributed by atoms with van der Waals surface area (Å²) in [5, 5.41) is 2.66. The first-order valence-electron chi connectivity index (χ1n) is 5.49. The molecule has 5 nitrogen and oxygen atoms in total. The first kappa shape index (κ1) is 12.0. The summed E-state index contributed by atoms with van der Waals surface area (Å²) in [6.45, 7) is 1.87. The lowest BCUT2D eigenvalue weighted by Gasteiger charge is -2.06. The highest BCUT2D eigenvalue weighted by molar-refractivity contribution is 5.90. The van der Waals surface area contributed by atoms with Crippen LogP contribution in [0.2, 0.25) is 0 Å². The average molecular weight is 243 g/mol. The first-order valence-corrected chi connectivity index (χ1v) is 5.49. The quantitative estimate of drug-likeness (QED) is 0.889. The normalized spacial score (nSPS) is 9.83. The fourth-order valence-corrected chi connectivity index (χ4v) is 1.36. The molecule has 0 aliphatic heterocycles. The van der Waals surface area contributed by atoms with Crippen molar-refractivity contribution < 1.29 is 9.53 Å². The van der Waals surface area contributed by atoms with Gasteiger partial charge < -0.3 is 10.1 Å². The van der Waals surface area contributed by atoms with Crippen LogP contribution >= 0.6 is 0 Å². The third-order valence-electron chi connectivity index (χ3n) is 2.19. The molecule has 18 heavy (non-hydrogen) atoms. The van der Waals surface area contributed by atoms with Gasteiger partial charge in [0.25, 0.3) is 5.91 Å². The van der Waals surface area contributed by atoms with Crippen LogP contribution in [0.25, 0.3) is 0 Å². The Morgan fingerprint density at radius 2 is 2.28 bits per heavy atom. The fourth-order valence-electron chi connectivity index (χ4n) is 1.36. The van der Waals surface area contributed by atoms with Gasteiger partial charge in [0.15, 0.2) is 6.61 Å². The zero-order chi connectivity index (χ0) is 12.8. The zero-order valence-corrected chi connectivity index (χ0v) is 9.96. The van der Waals surface area contributed by atoms with Crippen molar-refractivity contribution in [3.63, 3.8) is 0 Å². The van der Waals surface area contributed by atoms with Crippen molar-refractivity contribution in [2.45, 2.75) is 6.92 Å². The Kier molecular flexibility index (Phi) is 3.86. The summed E-state index contributed by atoms with van der Waals surface area (Å²) in [5.74, 6) is 0.830. The van der Waals surface area contributed by atoms with Gasteiger partial charge in [-0.25, -0.2) is 4.98 Å². The van der Waals surface area contributed by atoms with Gasteiger partial charge in [0.05, 0.1) is 6.20 Å². The number of carbonyl (C=O) groups is 1. The number of aromatic nitrogens is 2. The molecule has 0 aromatic carbocycles. The maximum atomic E-state index is 11.6. The molecule has 92 valence electrons. The van der Waals surface area contributed by atoms with E-state index < -0.39 is 0 Å². The Balaban J connectivity index is 1.86. The summed E-state index contributed by atoms with van der Waals surface area (Å²) in [6.07, 6.45) is 4.84. The molecule has 5 heteroatoms. The van der Waals surface area contributed by atoms with E-state index in [1.54, 1.807) is 36.8 Å². The van der Waals surface area contributed by atoms with Crippen LogP contribution < -0.4 is 10.1 Å². The molecule has 0 spiro atoms. The van der Waals surface area contributed by atoms with Crippen molar-refractivity contribution in [1.29, 1.82) is 0 Å². The summed E-state index contributed by atoms with van der Waals surface area (Å²) >= 11 is 0. The number of ether oxygens (including phenoxy) is 1. The molecule has 0 fully saturated rings. The number of nitrogens with zero attached hydrogens (tertiary/aromatic N) is 2. The standard InChI is InChI=1S/C13H13N3O2/c1-10-4-6-15-12(7-10)16-13(17)9-18-11-3-2-5-14-8-11/h2-8H,9H2,1H3,(H,15,16,17). The van der Waals surface area contributed by atoms with Crippen LogP contribution in [0.5, 0.6) is 5.75 Å². The van der Waals surface area contributed by atoms with Crippen molar-refractivity contribution in [2.24, 2.45) is 0 Å². The number of hydrogen-bond acceptors (Lipinski definition) is 4. The second-order valence-electron chi connectivity index (χ2n) is 3.74. The van der Waals surface area contributed by atoms with Gasteiger partial charge in [-0.1, -0.05) is 0 Å². The van der Waals surface area contributed by atoms with Crippen molar-refractivity contribution >= 4 is 11.7 Å². The van der Waals surface area contributed by atoms with Gasteiger partial charge in [-0.2, -0.15) is 0 Å². The number of rotatable bonds is 4. The maximum absolute atomic E-state index is 11.6. The van der Waals surface area contributed by atoms with Crippen LogP contribution in [0.15, 0.2) is 42.9 Å². The van der Waals surface area contributed by atoms with Crippen molar-refractivity contribution in [2.75, 3.05) is 11.9 Å². The van der Waals surface area contributed by atoms with E-state index in [-0.39, 0.29) is 12.5 Å². The maximum Gasteiger partial charge on any atom is 0.263 e. The average Bonchev–Trinajstić information content (AvgIpc) is 2.38. The Morgan fingerprint density at radius 1 is 1.39 bits per heavy atom. The molecular weight excluding hydrogens is 230 g/mol. The molecule has 1 amide bonds. The fraction of sp³-hybridized carbons (Fsp3) is 0.154. The molecule has 2 aromatic rings. The summed E-state index contributed by atoms with van der Waals surface area (Å²) in [5.41, 5.74) is 1.04. The lowest BCUT2D eigenvalue weighted by molar-refractivity contribution is -0.118. The monoisotopic (exact) mass is 243 g/mol. The number of anilines is 1. The minimum atomic E-state index is -0.253. The largest absolute Gasteiger partial charge is 0.482 e. The van der Waals surface area contributed by atoms with E-state index in [1.165, 1.54) is 0 Å². The lowest BCUT2D eigenvalue weighted by Crippen LogP contribution is -2.20. The number of carbonyl (C=O) groups excluding carboxylic acids is 1. The van der Waals surface area contributed by atoms with E-state index in [4.69, 9.17) is 4.74 Å². The predicted octanol–water partition coefficient (Wildman–Crippen LogP) is 1.80. The highest BCUT2D eigenvalue weighted by Crippen LogP contribution is 2.07. The highest BCUT2D eigenvalue weighted by Gasteiger charge is 2.04. The van der Waals surface area contributed by atoms with Crippen LogP contribution in [-0.2, 0) is 4.79 Å². The Hall–Kier alpha value is -2.43. The summed E-state index contributed by atoms with van der Waals surface area (Å²) in [6, 6.07) is 7.14. The van der Waals surface area contributed by atoms with Crippen LogP contribution in [0.3, 0.4) is 0 Å². The van der Waals surface area contributed by atoms with Crippen LogP contribution in [0.1, 0.15) is 5.56 Å². The summed E-state index contributed by atoms with van der Waals surface area (Å²) < 4.78 is 5.27. The predicted molar refractivity (Wildman–Crippen MR) is 67.3 cm³/mol. The summed E-state index contributed by atoms with van der Waals surface area (Å²) in [4.78, 5) is 19.5. The number of hydrogen-bond donors (Lipinski definition) is 1. The zero-order valence-electron chi connectivity index (χ0n) is 9.96. The smallest absolute Gasteiger partial charge is 0.263 e. The van der Waals surface area contributed by atoms with E-state index in [0.29, 0.717) is 11.6 Å². The first-order chi connectivity index (χ1) is 8.74. The van der Waals surface area contributed by atoms with Gasteiger partial charge in [0, 0.05) is 12.4 Å². The Labute approximate surface area is 105 Å². The number of nitrogens with one attached hydrogen (secondary N) is 1. The third-order valence-corrected chi connectivity index (χ3v) is 2.19. The molecule has 0 aliphatic rings. The molecule has 2 heterocycles. The van der Waals surface area contributed by atoms with Crippen LogP contribution in [0, 0.1) is 6.92 Å². The molecule has 0 unspecified atom stereocenters. The molecule has 2 rings (SSSR count). The molecule has 1 N–H and O–H groups in total. The van der Waals surface area contributed by atoms with Crippen molar-refractivity contribution in [3.05, 3.63) is 48.4 Å². The van der Waals surface area contributed by atoms with Crippen LogP contribution in [-0.4, -0.2) is 22.5 Å². The Bertz CT molecular complexity index is 529. The van der Waals surface area contributed by atoms with Gasteiger partial charge >= 0.3 is 0 Å². The minimum Gasteiger partial charge on any atom is -0.482 e. The number of aryl methyl sites for hydroxylation is 1. The van der Waals surface area contributed by atoms with Gasteiger partial charge in [-0.05, 0) is 36.8 Å². The molecular formula is C13H13N3O2. The minimum absolute atomic E-state index is 0.0681. The van der Waals surface area contributed by atoms with E-state index in [2.05, 4.69) is 15.3 Å². The molecule has 0 saturated heterocycles. The number of pyridine rings is 2. The van der Waals surface area contributed by atoms with Crippen LogP contribution in [0.4, 0.5) is 5.82 Å². The Morgan fingerprint density at radius 3 is 3.00 bits per heavy atom. The van der Waals surface area contributed by atoms with E-state index >= 15 is 0 Å². The lowest BCUT2D eigenvalue weighted by atomic mass is 10.3. The molecule has 0 aliphatic carbocycles. The van der Waals surface area contributed by atoms with Crippen molar-refractivity contribution in [3.8, 4) is 5.75 Å². The van der Waals surface area contributed by atoms with Crippen molar-refractivity contribution in [1.82, 2.24) is 9.97 Å². The van der Waals surface area contributed by atoms with E-state index in [0.717, 1.165) is 5.56 Å². The second-order valence-corrected chi connectivity index (χ2v) is 3.74. The van der Waals surface area contributed by atoms with Gasteiger partial charge in [0.2, 0.25) is 0 Å². The molecule has 0 atom stereocenters. The topological polar surface area (TPSA) is 64.1 Å².